The number of nitrogens with one attached hydrogen (secondary N) is 1. The molecule has 0 atom stereocenters. The third-order valence-corrected chi connectivity index (χ3v) is 4.40. The Hall–Kier alpha value is -2.81. The number of carbonyl (C=O) groups is 1. The Morgan fingerprint density at radius 1 is 1.08 bits per heavy atom. The van der Waals surface area contributed by atoms with Crippen molar-refractivity contribution < 1.29 is 9.53 Å². The molecule has 2 aromatic carbocycles. The SMILES string of the molecule is Cc1cccc2c1C=Cc1ccccc1/C2=C/CCNC(=O)OC(C)C. The minimum absolute atomic E-state index is 0.108. The van der Waals surface area contributed by atoms with E-state index in [1.807, 2.05) is 13.8 Å². The van der Waals surface area contributed by atoms with Crippen LogP contribution in [0.1, 0.15) is 48.1 Å². The van der Waals surface area contributed by atoms with Crippen LogP contribution in [-0.4, -0.2) is 18.7 Å². The van der Waals surface area contributed by atoms with Crippen molar-refractivity contribution in [2.75, 3.05) is 6.54 Å². The zero-order valence-corrected chi connectivity index (χ0v) is 15.6. The molecule has 0 unspecified atom stereocenters. The van der Waals surface area contributed by atoms with Gasteiger partial charge < -0.3 is 10.1 Å². The number of rotatable bonds is 4. The van der Waals surface area contributed by atoms with E-state index >= 15 is 0 Å². The molecule has 0 aromatic heterocycles. The van der Waals surface area contributed by atoms with Gasteiger partial charge in [0.15, 0.2) is 0 Å². The highest BCUT2D eigenvalue weighted by Crippen LogP contribution is 2.35. The molecule has 0 bridgehead atoms. The lowest BCUT2D eigenvalue weighted by atomic mass is 9.91. The van der Waals surface area contributed by atoms with Gasteiger partial charge in [-0.2, -0.15) is 0 Å². The molecule has 1 N–H and O–H groups in total. The molecule has 1 amide bonds. The molecule has 1 aliphatic carbocycles. The van der Waals surface area contributed by atoms with Crippen LogP contribution < -0.4 is 5.32 Å². The van der Waals surface area contributed by atoms with Gasteiger partial charge in [-0.25, -0.2) is 4.79 Å². The predicted octanol–water partition coefficient (Wildman–Crippen LogP) is 5.44. The molecule has 0 aliphatic heterocycles. The van der Waals surface area contributed by atoms with Gasteiger partial charge in [-0.05, 0) is 60.6 Å². The van der Waals surface area contributed by atoms with E-state index in [9.17, 15) is 4.79 Å². The first-order valence-corrected chi connectivity index (χ1v) is 9.08. The molecule has 26 heavy (non-hydrogen) atoms. The molecule has 2 aromatic rings. The van der Waals surface area contributed by atoms with E-state index in [1.165, 1.54) is 33.4 Å². The summed E-state index contributed by atoms with van der Waals surface area (Å²) in [4.78, 5) is 11.6. The third-order valence-electron chi connectivity index (χ3n) is 4.40. The number of fused-ring (bicyclic) bond motifs is 2. The van der Waals surface area contributed by atoms with E-state index < -0.39 is 0 Å². The van der Waals surface area contributed by atoms with E-state index in [-0.39, 0.29) is 12.2 Å². The van der Waals surface area contributed by atoms with Crippen LogP contribution in [0.2, 0.25) is 0 Å². The van der Waals surface area contributed by atoms with Crippen LogP contribution in [0, 0.1) is 6.92 Å². The minimum atomic E-state index is -0.363. The average Bonchev–Trinajstić information content (AvgIpc) is 2.76. The molecular weight excluding hydrogens is 322 g/mol. The van der Waals surface area contributed by atoms with Gasteiger partial charge in [-0.3, -0.25) is 0 Å². The second kappa shape index (κ2) is 8.05. The standard InChI is InChI=1S/C23H25NO2/c1-16(2)26-23(25)24-15-7-12-22-20-10-5-4-9-18(20)13-14-19-17(3)8-6-11-21(19)22/h4-6,8-14,16H,7,15H2,1-3H3,(H,24,25)/b22-12-. The van der Waals surface area contributed by atoms with E-state index in [1.54, 1.807) is 0 Å². The summed E-state index contributed by atoms with van der Waals surface area (Å²) in [6, 6.07) is 14.8. The smallest absolute Gasteiger partial charge is 0.407 e. The fourth-order valence-electron chi connectivity index (χ4n) is 3.21. The Kier molecular flexibility index (Phi) is 5.57. The monoisotopic (exact) mass is 347 g/mol. The fraction of sp³-hybridized carbons (Fsp3) is 0.261. The number of benzene rings is 2. The van der Waals surface area contributed by atoms with Gasteiger partial charge in [0, 0.05) is 6.54 Å². The fourth-order valence-corrected chi connectivity index (χ4v) is 3.21. The van der Waals surface area contributed by atoms with E-state index in [2.05, 4.69) is 72.9 Å². The quantitative estimate of drug-likeness (QED) is 0.639. The Morgan fingerprint density at radius 3 is 2.65 bits per heavy atom. The molecule has 134 valence electrons. The molecule has 0 spiro atoms. The van der Waals surface area contributed by atoms with Crippen molar-refractivity contribution >= 4 is 23.8 Å². The maximum absolute atomic E-state index is 11.6. The molecule has 0 radical (unpaired) electrons. The lowest BCUT2D eigenvalue weighted by Gasteiger charge is -2.14. The van der Waals surface area contributed by atoms with E-state index in [0.29, 0.717) is 6.54 Å². The maximum Gasteiger partial charge on any atom is 0.407 e. The Balaban J connectivity index is 1.87. The lowest BCUT2D eigenvalue weighted by Crippen LogP contribution is -2.27. The molecule has 1 aliphatic rings. The number of ether oxygens (including phenoxy) is 1. The Morgan fingerprint density at radius 2 is 1.85 bits per heavy atom. The minimum Gasteiger partial charge on any atom is -0.447 e. The Bertz CT molecular complexity index is 862. The van der Waals surface area contributed by atoms with Crippen LogP contribution in [0.4, 0.5) is 4.79 Å². The normalized spacial score (nSPS) is 13.9. The zero-order valence-electron chi connectivity index (χ0n) is 15.6. The predicted molar refractivity (Wildman–Crippen MR) is 108 cm³/mol. The topological polar surface area (TPSA) is 38.3 Å². The highest BCUT2D eigenvalue weighted by molar-refractivity contribution is 5.94. The van der Waals surface area contributed by atoms with Crippen molar-refractivity contribution in [2.45, 2.75) is 33.3 Å². The molecule has 3 nitrogen and oxygen atoms in total. The van der Waals surface area contributed by atoms with Gasteiger partial charge in [0.05, 0.1) is 6.10 Å². The van der Waals surface area contributed by atoms with Crippen molar-refractivity contribution in [1.29, 1.82) is 0 Å². The first kappa shape index (κ1) is 18.0. The maximum atomic E-state index is 11.6. The number of carbonyl (C=O) groups excluding carboxylic acids is 1. The van der Waals surface area contributed by atoms with Crippen LogP contribution in [0.15, 0.2) is 48.5 Å². The molecular formula is C23H25NO2. The van der Waals surface area contributed by atoms with E-state index in [4.69, 9.17) is 4.74 Å². The highest BCUT2D eigenvalue weighted by Gasteiger charge is 2.15. The summed E-state index contributed by atoms with van der Waals surface area (Å²) in [5.74, 6) is 0. The number of alkyl carbamates (subject to hydrolysis) is 1. The number of aryl methyl sites for hydroxylation is 1. The second-order valence-corrected chi connectivity index (χ2v) is 6.74. The van der Waals surface area contributed by atoms with Gasteiger partial charge in [0.1, 0.15) is 0 Å². The first-order chi connectivity index (χ1) is 12.6. The largest absolute Gasteiger partial charge is 0.447 e. The van der Waals surface area contributed by atoms with Gasteiger partial charge in [-0.15, -0.1) is 0 Å². The van der Waals surface area contributed by atoms with Gasteiger partial charge in [-0.1, -0.05) is 60.7 Å². The second-order valence-electron chi connectivity index (χ2n) is 6.74. The summed E-state index contributed by atoms with van der Waals surface area (Å²) in [7, 11) is 0. The lowest BCUT2D eigenvalue weighted by molar-refractivity contribution is 0.116. The summed E-state index contributed by atoms with van der Waals surface area (Å²) >= 11 is 0. The van der Waals surface area contributed by atoms with Crippen molar-refractivity contribution in [3.05, 3.63) is 76.4 Å². The molecule has 0 saturated heterocycles. The average molecular weight is 347 g/mol. The van der Waals surface area contributed by atoms with Gasteiger partial charge in [0.2, 0.25) is 0 Å². The number of amides is 1. The van der Waals surface area contributed by atoms with Crippen LogP contribution in [0.25, 0.3) is 17.7 Å². The third kappa shape index (κ3) is 4.05. The molecule has 0 heterocycles. The zero-order chi connectivity index (χ0) is 18.5. The Labute approximate surface area is 155 Å². The van der Waals surface area contributed by atoms with Gasteiger partial charge >= 0.3 is 6.09 Å². The van der Waals surface area contributed by atoms with Crippen LogP contribution in [0.3, 0.4) is 0 Å². The molecule has 3 heteroatoms. The summed E-state index contributed by atoms with van der Waals surface area (Å²) < 4.78 is 5.11. The van der Waals surface area contributed by atoms with Gasteiger partial charge in [0.25, 0.3) is 0 Å². The van der Waals surface area contributed by atoms with Crippen LogP contribution >= 0.6 is 0 Å². The highest BCUT2D eigenvalue weighted by atomic mass is 16.6. The number of hydrogen-bond donors (Lipinski definition) is 1. The molecule has 0 saturated carbocycles. The summed E-state index contributed by atoms with van der Waals surface area (Å²) in [5.41, 5.74) is 7.39. The summed E-state index contributed by atoms with van der Waals surface area (Å²) in [5, 5.41) is 2.81. The van der Waals surface area contributed by atoms with Crippen molar-refractivity contribution in [3.63, 3.8) is 0 Å². The first-order valence-electron chi connectivity index (χ1n) is 9.08. The molecule has 3 rings (SSSR count). The van der Waals surface area contributed by atoms with Crippen LogP contribution in [-0.2, 0) is 4.74 Å². The van der Waals surface area contributed by atoms with Crippen molar-refractivity contribution in [3.8, 4) is 0 Å². The molecule has 0 fully saturated rings. The van der Waals surface area contributed by atoms with Crippen LogP contribution in [0.5, 0.6) is 0 Å². The summed E-state index contributed by atoms with van der Waals surface area (Å²) in [6.45, 7) is 6.37. The van der Waals surface area contributed by atoms with Crippen molar-refractivity contribution in [1.82, 2.24) is 5.32 Å². The number of hydrogen-bond acceptors (Lipinski definition) is 2. The van der Waals surface area contributed by atoms with Crippen molar-refractivity contribution in [2.24, 2.45) is 0 Å². The summed E-state index contributed by atoms with van der Waals surface area (Å²) in [6.07, 6.45) is 6.85. The van der Waals surface area contributed by atoms with E-state index in [0.717, 1.165) is 6.42 Å².